The fraction of sp³-hybridized carbons (Fsp3) is 0. The molecule has 0 bridgehead atoms. The van der Waals surface area contributed by atoms with Gasteiger partial charge in [-0.2, -0.15) is 5.26 Å². The number of nitrogens with zero attached hydrogens (tertiary/aromatic N) is 4. The Morgan fingerprint density at radius 3 is 2.71 bits per heavy atom. The molecule has 0 radical (unpaired) electrons. The van der Waals surface area contributed by atoms with Gasteiger partial charge in [-0.1, -0.05) is 0 Å². The van der Waals surface area contributed by atoms with Crippen molar-refractivity contribution < 1.29 is 15.0 Å². The van der Waals surface area contributed by atoms with Crippen LogP contribution in [0.5, 0.6) is 5.75 Å². The van der Waals surface area contributed by atoms with Crippen LogP contribution in [-0.2, 0) is 0 Å². The van der Waals surface area contributed by atoms with Gasteiger partial charge in [0.15, 0.2) is 5.70 Å². The molecule has 84 valence electrons. The second kappa shape index (κ2) is 5.21. The largest absolute Gasteiger partial charge is 0.761 e. The van der Waals surface area contributed by atoms with E-state index in [1.54, 1.807) is 0 Å². The number of carbonyl (C=O) groups is 1. The summed E-state index contributed by atoms with van der Waals surface area (Å²) in [4.78, 5) is 10.7. The lowest BCUT2D eigenvalue weighted by Gasteiger charge is -1.99. The molecule has 0 heterocycles. The lowest BCUT2D eigenvalue weighted by atomic mass is 10.2. The summed E-state index contributed by atoms with van der Waals surface area (Å²) in [5, 5.41) is 41.5. The minimum Gasteiger partial charge on any atom is -0.761 e. The van der Waals surface area contributed by atoms with Gasteiger partial charge in [-0.3, -0.25) is 0 Å². The van der Waals surface area contributed by atoms with Crippen molar-refractivity contribution in [2.24, 2.45) is 10.2 Å². The molecule has 7 nitrogen and oxygen atoms in total. The number of phenols is 1. The SMILES string of the molecule is N#CC(=C=[N-])N=Nc1ccc(O)c(C(=O)O)c1. The van der Waals surface area contributed by atoms with Crippen molar-refractivity contribution >= 4 is 17.5 Å². The van der Waals surface area contributed by atoms with Crippen LogP contribution in [-0.4, -0.2) is 22.1 Å². The number of allylic oxidation sites excluding steroid dienone is 1. The first kappa shape index (κ1) is 12.1. The highest BCUT2D eigenvalue weighted by Crippen LogP contribution is 2.23. The van der Waals surface area contributed by atoms with Gasteiger partial charge in [-0.25, -0.2) is 10.7 Å². The van der Waals surface area contributed by atoms with Crippen LogP contribution in [0.25, 0.3) is 5.41 Å². The van der Waals surface area contributed by atoms with Crippen molar-refractivity contribution in [2.45, 2.75) is 0 Å². The first-order valence-corrected chi connectivity index (χ1v) is 4.23. The smallest absolute Gasteiger partial charge is 0.339 e. The standard InChI is InChI=1S/C10H5N4O3/c11-4-7(5-12)14-13-6-1-2-9(15)8(3-6)10(16)17/h1-3,15H,(H,16,17)/q-1. The maximum atomic E-state index is 10.7. The molecule has 0 amide bonds. The van der Waals surface area contributed by atoms with Gasteiger partial charge in [-0.15, -0.1) is 10.2 Å². The van der Waals surface area contributed by atoms with E-state index in [1.807, 2.05) is 0 Å². The van der Waals surface area contributed by atoms with Gasteiger partial charge in [0.1, 0.15) is 17.4 Å². The lowest BCUT2D eigenvalue weighted by molar-refractivity contribution is 0.0694. The first-order valence-electron chi connectivity index (χ1n) is 4.23. The minimum absolute atomic E-state index is 0.114. The highest BCUT2D eigenvalue weighted by molar-refractivity contribution is 5.91. The van der Waals surface area contributed by atoms with Crippen LogP contribution in [0.15, 0.2) is 34.1 Å². The van der Waals surface area contributed by atoms with Crippen LogP contribution in [0.1, 0.15) is 10.4 Å². The highest BCUT2D eigenvalue weighted by atomic mass is 16.4. The van der Waals surface area contributed by atoms with Crippen molar-refractivity contribution in [1.82, 2.24) is 0 Å². The average molecular weight is 229 g/mol. The summed E-state index contributed by atoms with van der Waals surface area (Å²) in [5.41, 5.74) is -0.671. The number of hydrogen-bond acceptors (Lipinski definition) is 5. The van der Waals surface area contributed by atoms with E-state index in [9.17, 15) is 9.90 Å². The Balaban J connectivity index is 3.10. The van der Waals surface area contributed by atoms with Crippen molar-refractivity contribution in [3.05, 3.63) is 34.9 Å². The van der Waals surface area contributed by atoms with Crippen LogP contribution in [0.4, 0.5) is 5.69 Å². The summed E-state index contributed by atoms with van der Waals surface area (Å²) in [6.45, 7) is 0. The molecule has 0 unspecified atom stereocenters. The molecule has 1 aromatic carbocycles. The Morgan fingerprint density at radius 2 is 2.18 bits per heavy atom. The second-order valence-electron chi connectivity index (χ2n) is 2.78. The number of aromatic carboxylic acids is 1. The van der Waals surface area contributed by atoms with Crippen LogP contribution in [0.2, 0.25) is 0 Å². The third-order valence-electron chi connectivity index (χ3n) is 1.69. The molecule has 17 heavy (non-hydrogen) atoms. The summed E-state index contributed by atoms with van der Waals surface area (Å²) >= 11 is 0. The Hall–Kier alpha value is -2.97. The maximum absolute atomic E-state index is 10.7. The van der Waals surface area contributed by atoms with Crippen molar-refractivity contribution in [1.29, 1.82) is 5.26 Å². The number of hydrogen-bond donors (Lipinski definition) is 2. The summed E-state index contributed by atoms with van der Waals surface area (Å²) in [7, 11) is 0. The van der Waals surface area contributed by atoms with Gasteiger partial charge >= 0.3 is 5.97 Å². The molecule has 1 aromatic rings. The molecule has 2 N–H and O–H groups in total. The summed E-state index contributed by atoms with van der Waals surface area (Å²) in [6, 6.07) is 5.02. The number of carboxylic acid groups (broad SMARTS) is 1. The van der Waals surface area contributed by atoms with Gasteiger partial charge in [0.05, 0.1) is 5.69 Å². The summed E-state index contributed by atoms with van der Waals surface area (Å²) < 4.78 is 0. The van der Waals surface area contributed by atoms with Crippen LogP contribution < -0.4 is 0 Å². The maximum Gasteiger partial charge on any atom is 0.339 e. The van der Waals surface area contributed by atoms with E-state index in [1.165, 1.54) is 18.0 Å². The van der Waals surface area contributed by atoms with Gasteiger partial charge in [-0.05, 0) is 18.2 Å². The number of benzene rings is 1. The molecule has 0 atom stereocenters. The van der Waals surface area contributed by atoms with Crippen molar-refractivity contribution in [2.75, 3.05) is 0 Å². The third-order valence-corrected chi connectivity index (χ3v) is 1.69. The van der Waals surface area contributed by atoms with E-state index in [-0.39, 0.29) is 11.3 Å². The summed E-state index contributed by atoms with van der Waals surface area (Å²) in [5.74, 6) is -0.217. The average Bonchev–Trinajstić information content (AvgIpc) is 2.32. The van der Waals surface area contributed by atoms with Crippen molar-refractivity contribution in [3.63, 3.8) is 0 Å². The van der Waals surface area contributed by atoms with Crippen LogP contribution in [0, 0.1) is 11.3 Å². The molecule has 0 aromatic heterocycles. The zero-order valence-corrected chi connectivity index (χ0v) is 8.32. The summed E-state index contributed by atoms with van der Waals surface area (Å²) in [6.07, 6.45) is 0. The molecule has 7 heteroatoms. The highest BCUT2D eigenvalue weighted by Gasteiger charge is 2.09. The molecule has 1 rings (SSSR count). The third kappa shape index (κ3) is 2.99. The topological polar surface area (TPSA) is 128 Å². The molecule has 0 aliphatic heterocycles. The Bertz CT molecular complexity index is 580. The Kier molecular flexibility index (Phi) is 3.71. The number of nitriles is 1. The van der Waals surface area contributed by atoms with Gasteiger partial charge in [0, 0.05) is 0 Å². The monoisotopic (exact) mass is 229 g/mol. The molecule has 0 fully saturated rings. The van der Waals surface area contributed by atoms with E-state index < -0.39 is 17.4 Å². The first-order chi connectivity index (χ1) is 8.08. The van der Waals surface area contributed by atoms with Crippen molar-refractivity contribution in [3.8, 4) is 11.8 Å². The van der Waals surface area contributed by atoms with Crippen LogP contribution >= 0.6 is 0 Å². The number of aromatic hydroxyl groups is 1. The molecular formula is C10H5N4O3-. The number of azo groups is 1. The van der Waals surface area contributed by atoms with E-state index in [2.05, 4.69) is 10.2 Å². The number of carboxylic acids is 1. The predicted molar refractivity (Wildman–Crippen MR) is 57.1 cm³/mol. The van der Waals surface area contributed by atoms with E-state index in [4.69, 9.17) is 15.8 Å². The lowest BCUT2D eigenvalue weighted by Crippen LogP contribution is -1.95. The zero-order chi connectivity index (χ0) is 12.8. The Morgan fingerprint density at radius 1 is 1.47 bits per heavy atom. The van der Waals surface area contributed by atoms with E-state index in [0.29, 0.717) is 0 Å². The van der Waals surface area contributed by atoms with Crippen LogP contribution in [0.3, 0.4) is 0 Å². The molecule has 0 spiro atoms. The molecule has 0 aliphatic rings. The Labute approximate surface area is 95.5 Å². The quantitative estimate of drug-likeness (QED) is 0.465. The molecule has 0 saturated carbocycles. The van der Waals surface area contributed by atoms with Gasteiger partial charge in [0.2, 0.25) is 0 Å². The fourth-order valence-corrected chi connectivity index (χ4v) is 0.935. The number of rotatable bonds is 3. The predicted octanol–water partition coefficient (Wildman–Crippen LogP) is 1.82. The van der Waals surface area contributed by atoms with E-state index >= 15 is 0 Å². The molecule has 0 aliphatic carbocycles. The van der Waals surface area contributed by atoms with Gasteiger partial charge in [0.25, 0.3) is 0 Å². The van der Waals surface area contributed by atoms with Gasteiger partial charge < -0.3 is 15.6 Å². The second-order valence-corrected chi connectivity index (χ2v) is 2.78. The minimum atomic E-state index is -1.32. The molecular weight excluding hydrogens is 224 g/mol. The van der Waals surface area contributed by atoms with E-state index in [0.717, 1.165) is 12.1 Å². The zero-order valence-electron chi connectivity index (χ0n) is 8.32. The fourth-order valence-electron chi connectivity index (χ4n) is 0.935. The normalized spacial score (nSPS) is 9.59. The molecule has 0 saturated heterocycles.